The summed E-state index contributed by atoms with van der Waals surface area (Å²) in [5.74, 6) is 3.41. The molecule has 5 nitrogen and oxygen atoms in total. The van der Waals surface area contributed by atoms with Gasteiger partial charge in [-0.3, -0.25) is 4.90 Å². The van der Waals surface area contributed by atoms with Crippen LogP contribution in [-0.4, -0.2) is 49.7 Å². The van der Waals surface area contributed by atoms with Crippen LogP contribution in [0.25, 0.3) is 0 Å². The van der Waals surface area contributed by atoms with Gasteiger partial charge in [0.15, 0.2) is 5.82 Å². The number of tetrazole rings is 1. The molecule has 0 saturated carbocycles. The van der Waals surface area contributed by atoms with Crippen LogP contribution in [0, 0.1) is 0 Å². The molecule has 98 valence electrons. The highest BCUT2D eigenvalue weighted by Crippen LogP contribution is 2.16. The van der Waals surface area contributed by atoms with Gasteiger partial charge in [-0.05, 0) is 31.2 Å². The smallest absolute Gasteiger partial charge is 0.165 e. The van der Waals surface area contributed by atoms with Gasteiger partial charge in [0, 0.05) is 24.6 Å². The maximum absolute atomic E-state index is 4.13. The van der Waals surface area contributed by atoms with Crippen LogP contribution in [0.3, 0.4) is 0 Å². The second-order valence-corrected chi connectivity index (χ2v) is 6.29. The van der Waals surface area contributed by atoms with E-state index in [4.69, 9.17) is 0 Å². The van der Waals surface area contributed by atoms with Gasteiger partial charge >= 0.3 is 0 Å². The zero-order valence-corrected chi connectivity index (χ0v) is 12.2. The first-order chi connectivity index (χ1) is 7.57. The van der Waals surface area contributed by atoms with E-state index in [1.165, 1.54) is 11.5 Å². The third-order valence-corrected chi connectivity index (χ3v) is 3.58. The molecule has 7 heteroatoms. The largest absolute Gasteiger partial charge is 0.294 e. The van der Waals surface area contributed by atoms with Gasteiger partial charge in [-0.1, -0.05) is 0 Å². The molecule has 1 aromatic heterocycles. The summed E-state index contributed by atoms with van der Waals surface area (Å²) >= 11 is 2.02. The average molecular weight is 278 g/mol. The van der Waals surface area contributed by atoms with Crippen LogP contribution >= 0.6 is 24.2 Å². The van der Waals surface area contributed by atoms with E-state index < -0.39 is 0 Å². The Kier molecular flexibility index (Phi) is 5.22. The first-order valence-corrected chi connectivity index (χ1v) is 6.81. The Morgan fingerprint density at radius 3 is 2.47 bits per heavy atom. The summed E-state index contributed by atoms with van der Waals surface area (Å²) in [6.45, 7) is 9.52. The molecule has 1 aromatic rings. The summed E-state index contributed by atoms with van der Waals surface area (Å²) < 4.78 is 1.93. The van der Waals surface area contributed by atoms with Gasteiger partial charge in [0.1, 0.15) is 0 Å². The number of thioether (sulfide) groups is 1. The lowest BCUT2D eigenvalue weighted by atomic mass is 10.1. The molecule has 0 radical (unpaired) electrons. The molecule has 0 atom stereocenters. The van der Waals surface area contributed by atoms with Crippen molar-refractivity contribution in [3.63, 3.8) is 0 Å². The van der Waals surface area contributed by atoms with Crippen LogP contribution < -0.4 is 0 Å². The summed E-state index contributed by atoms with van der Waals surface area (Å²) in [5.41, 5.74) is -0.0383. The number of rotatable bonds is 2. The molecule has 1 aliphatic rings. The van der Waals surface area contributed by atoms with Crippen molar-refractivity contribution in [3.05, 3.63) is 5.82 Å². The minimum Gasteiger partial charge on any atom is -0.294 e. The van der Waals surface area contributed by atoms with Crippen molar-refractivity contribution in [1.29, 1.82) is 0 Å². The molecule has 0 unspecified atom stereocenters. The molecule has 2 heterocycles. The second-order valence-electron chi connectivity index (χ2n) is 5.07. The van der Waals surface area contributed by atoms with E-state index in [1.807, 2.05) is 16.4 Å². The number of aromatic nitrogens is 4. The Bertz CT molecular complexity index is 343. The van der Waals surface area contributed by atoms with Gasteiger partial charge in [-0.2, -0.15) is 11.8 Å². The summed E-state index contributed by atoms with van der Waals surface area (Å²) in [6, 6.07) is 0. The van der Waals surface area contributed by atoms with Crippen molar-refractivity contribution >= 4 is 24.2 Å². The highest BCUT2D eigenvalue weighted by molar-refractivity contribution is 7.99. The fourth-order valence-electron chi connectivity index (χ4n) is 1.78. The molecule has 1 aliphatic heterocycles. The molecule has 0 bridgehead atoms. The molecule has 0 spiro atoms. The predicted octanol–water partition coefficient (Wildman–Crippen LogP) is 1.40. The number of hydrogen-bond acceptors (Lipinski definition) is 5. The minimum atomic E-state index is -0.0383. The van der Waals surface area contributed by atoms with Crippen LogP contribution in [0.15, 0.2) is 0 Å². The molecule has 0 amide bonds. The van der Waals surface area contributed by atoms with E-state index in [0.29, 0.717) is 0 Å². The SMILES string of the molecule is CC(C)(C)n1nnnc1CN1CCSCC1.Cl. The van der Waals surface area contributed by atoms with Crippen molar-refractivity contribution in [3.8, 4) is 0 Å². The molecule has 0 aromatic carbocycles. The highest BCUT2D eigenvalue weighted by Gasteiger charge is 2.21. The third kappa shape index (κ3) is 3.82. The van der Waals surface area contributed by atoms with Crippen molar-refractivity contribution in [1.82, 2.24) is 25.1 Å². The zero-order chi connectivity index (χ0) is 11.6. The monoisotopic (exact) mass is 277 g/mol. The normalized spacial score (nSPS) is 17.8. The first kappa shape index (κ1) is 14.7. The van der Waals surface area contributed by atoms with Crippen LogP contribution in [0.4, 0.5) is 0 Å². The number of nitrogens with zero attached hydrogens (tertiary/aromatic N) is 5. The summed E-state index contributed by atoms with van der Waals surface area (Å²) in [6.07, 6.45) is 0. The first-order valence-electron chi connectivity index (χ1n) is 5.65. The van der Waals surface area contributed by atoms with Gasteiger partial charge in [0.25, 0.3) is 0 Å². The summed E-state index contributed by atoms with van der Waals surface area (Å²) in [4.78, 5) is 2.42. The minimum absolute atomic E-state index is 0. The maximum atomic E-state index is 4.13. The van der Waals surface area contributed by atoms with Crippen LogP contribution in [0.5, 0.6) is 0 Å². The van der Waals surface area contributed by atoms with Crippen LogP contribution in [0.2, 0.25) is 0 Å². The lowest BCUT2D eigenvalue weighted by Crippen LogP contribution is -2.35. The van der Waals surface area contributed by atoms with Crippen molar-refractivity contribution < 1.29 is 0 Å². The van der Waals surface area contributed by atoms with E-state index in [-0.39, 0.29) is 17.9 Å². The van der Waals surface area contributed by atoms with Crippen molar-refractivity contribution in [2.75, 3.05) is 24.6 Å². The Balaban J connectivity index is 0.00000144. The topological polar surface area (TPSA) is 46.8 Å². The molecule has 2 rings (SSSR count). The maximum Gasteiger partial charge on any atom is 0.165 e. The standard InChI is InChI=1S/C10H19N5S.ClH/c1-10(2,3)15-9(11-12-13-15)8-14-4-6-16-7-5-14;/h4-8H2,1-3H3;1H. The van der Waals surface area contributed by atoms with Crippen LogP contribution in [0.1, 0.15) is 26.6 Å². The van der Waals surface area contributed by atoms with Gasteiger partial charge < -0.3 is 0 Å². The van der Waals surface area contributed by atoms with E-state index in [0.717, 1.165) is 25.5 Å². The molecular formula is C10H20ClN5S. The summed E-state index contributed by atoms with van der Waals surface area (Å²) in [5, 5.41) is 12.0. The third-order valence-electron chi connectivity index (χ3n) is 2.64. The summed E-state index contributed by atoms with van der Waals surface area (Å²) in [7, 11) is 0. The Labute approximate surface area is 113 Å². The lowest BCUT2D eigenvalue weighted by Gasteiger charge is -2.27. The molecule has 17 heavy (non-hydrogen) atoms. The van der Waals surface area contributed by atoms with E-state index in [1.54, 1.807) is 0 Å². The van der Waals surface area contributed by atoms with E-state index in [2.05, 4.69) is 41.2 Å². The van der Waals surface area contributed by atoms with Gasteiger partial charge in [0.2, 0.25) is 0 Å². The molecular weight excluding hydrogens is 258 g/mol. The highest BCUT2D eigenvalue weighted by atomic mass is 35.5. The Morgan fingerprint density at radius 1 is 1.24 bits per heavy atom. The molecule has 0 N–H and O–H groups in total. The van der Waals surface area contributed by atoms with Gasteiger partial charge in [0.05, 0.1) is 12.1 Å². The van der Waals surface area contributed by atoms with Crippen molar-refractivity contribution in [2.45, 2.75) is 32.9 Å². The predicted molar refractivity (Wildman–Crippen MR) is 72.7 cm³/mol. The van der Waals surface area contributed by atoms with Crippen molar-refractivity contribution in [2.24, 2.45) is 0 Å². The quantitative estimate of drug-likeness (QED) is 0.818. The van der Waals surface area contributed by atoms with Gasteiger partial charge in [-0.15, -0.1) is 17.5 Å². The fourth-order valence-corrected chi connectivity index (χ4v) is 2.76. The van der Waals surface area contributed by atoms with Gasteiger partial charge in [-0.25, -0.2) is 4.68 Å². The average Bonchev–Trinajstić information content (AvgIpc) is 2.67. The molecule has 1 fully saturated rings. The van der Waals surface area contributed by atoms with E-state index >= 15 is 0 Å². The Morgan fingerprint density at radius 2 is 1.88 bits per heavy atom. The number of hydrogen-bond donors (Lipinski definition) is 0. The lowest BCUT2D eigenvalue weighted by molar-refractivity contribution is 0.259. The second kappa shape index (κ2) is 6.02. The van der Waals surface area contributed by atoms with E-state index in [9.17, 15) is 0 Å². The molecule has 0 aliphatic carbocycles. The van der Waals surface area contributed by atoms with Crippen LogP contribution in [-0.2, 0) is 12.1 Å². The molecule has 1 saturated heterocycles. The Hall–Kier alpha value is -0.330. The fraction of sp³-hybridized carbons (Fsp3) is 0.900. The number of halogens is 1. The zero-order valence-electron chi connectivity index (χ0n) is 10.6.